The number of ether oxygens (including phenoxy) is 2. The van der Waals surface area contributed by atoms with Crippen molar-refractivity contribution in [1.29, 1.82) is 0 Å². The van der Waals surface area contributed by atoms with Crippen LogP contribution in [0.15, 0.2) is 36.4 Å². The van der Waals surface area contributed by atoms with E-state index in [1.54, 1.807) is 14.2 Å². The first kappa shape index (κ1) is 14.7. The van der Waals surface area contributed by atoms with Crippen molar-refractivity contribution < 1.29 is 9.47 Å². The number of hydrogen-bond donors (Lipinski definition) is 1. The average Bonchev–Trinajstić information content (AvgIpc) is 2.48. The normalized spacial score (nSPS) is 12.1. The van der Waals surface area contributed by atoms with Crippen molar-refractivity contribution in [3.8, 4) is 11.5 Å². The Kier molecular flexibility index (Phi) is 4.53. The first-order chi connectivity index (χ1) is 9.58. The Hall–Kier alpha value is -1.71. The molecule has 4 heteroatoms. The molecule has 2 rings (SSSR count). The molecule has 106 valence electrons. The van der Waals surface area contributed by atoms with E-state index in [9.17, 15) is 0 Å². The molecule has 0 aliphatic carbocycles. The van der Waals surface area contributed by atoms with Crippen molar-refractivity contribution in [2.75, 3.05) is 14.2 Å². The predicted molar refractivity (Wildman–Crippen MR) is 81.8 cm³/mol. The van der Waals surface area contributed by atoms with E-state index in [-0.39, 0.29) is 6.04 Å². The second-order valence-corrected chi connectivity index (χ2v) is 4.94. The van der Waals surface area contributed by atoms with Gasteiger partial charge in [-0.25, -0.2) is 0 Å². The fourth-order valence-corrected chi connectivity index (χ4v) is 2.40. The molecule has 0 spiro atoms. The number of halogens is 1. The van der Waals surface area contributed by atoms with Crippen LogP contribution in [-0.4, -0.2) is 14.2 Å². The summed E-state index contributed by atoms with van der Waals surface area (Å²) in [6, 6.07) is 11.0. The number of benzene rings is 2. The first-order valence-corrected chi connectivity index (χ1v) is 6.68. The highest BCUT2D eigenvalue weighted by Gasteiger charge is 2.18. The van der Waals surface area contributed by atoms with Crippen LogP contribution in [-0.2, 0) is 0 Å². The molecule has 0 aliphatic heterocycles. The zero-order valence-electron chi connectivity index (χ0n) is 11.8. The maximum absolute atomic E-state index is 6.37. The molecule has 2 aromatic carbocycles. The third-order valence-corrected chi connectivity index (χ3v) is 3.84. The molecule has 2 aromatic rings. The van der Waals surface area contributed by atoms with Crippen LogP contribution in [0.3, 0.4) is 0 Å². The largest absolute Gasteiger partial charge is 0.497 e. The van der Waals surface area contributed by atoms with E-state index in [1.807, 2.05) is 43.3 Å². The van der Waals surface area contributed by atoms with E-state index >= 15 is 0 Å². The maximum Gasteiger partial charge on any atom is 0.124 e. The Morgan fingerprint density at radius 2 is 1.80 bits per heavy atom. The van der Waals surface area contributed by atoms with Gasteiger partial charge in [0, 0.05) is 10.6 Å². The molecule has 20 heavy (non-hydrogen) atoms. The van der Waals surface area contributed by atoms with Crippen LogP contribution in [0.1, 0.15) is 22.7 Å². The standard InChI is InChI=1S/C16H18ClNO2/c1-10-5-4-6-12(15(10)17)16(18)13-9-11(19-2)7-8-14(13)20-3/h4-9,16H,18H2,1-3H3. The van der Waals surface area contributed by atoms with Gasteiger partial charge in [0.15, 0.2) is 0 Å². The zero-order chi connectivity index (χ0) is 14.7. The van der Waals surface area contributed by atoms with Gasteiger partial charge in [0.2, 0.25) is 0 Å². The Balaban J connectivity index is 2.51. The summed E-state index contributed by atoms with van der Waals surface area (Å²) in [5.74, 6) is 1.45. The molecular weight excluding hydrogens is 274 g/mol. The molecule has 0 heterocycles. The van der Waals surface area contributed by atoms with Crippen molar-refractivity contribution in [1.82, 2.24) is 0 Å². The van der Waals surface area contributed by atoms with Gasteiger partial charge >= 0.3 is 0 Å². The monoisotopic (exact) mass is 291 g/mol. The van der Waals surface area contributed by atoms with Crippen molar-refractivity contribution >= 4 is 11.6 Å². The van der Waals surface area contributed by atoms with E-state index in [2.05, 4.69) is 0 Å². The van der Waals surface area contributed by atoms with Crippen molar-refractivity contribution in [2.24, 2.45) is 5.73 Å². The van der Waals surface area contributed by atoms with Gasteiger partial charge < -0.3 is 15.2 Å². The number of methoxy groups -OCH3 is 2. The summed E-state index contributed by atoms with van der Waals surface area (Å²) in [6.45, 7) is 1.96. The highest BCUT2D eigenvalue weighted by Crippen LogP contribution is 2.35. The smallest absolute Gasteiger partial charge is 0.124 e. The Morgan fingerprint density at radius 3 is 2.45 bits per heavy atom. The number of nitrogens with two attached hydrogens (primary N) is 1. The SMILES string of the molecule is COc1ccc(OC)c(C(N)c2cccc(C)c2Cl)c1. The lowest BCUT2D eigenvalue weighted by Gasteiger charge is -2.19. The third-order valence-electron chi connectivity index (χ3n) is 3.33. The lowest BCUT2D eigenvalue weighted by atomic mass is 9.97. The lowest BCUT2D eigenvalue weighted by Crippen LogP contribution is -2.14. The molecule has 0 fully saturated rings. The van der Waals surface area contributed by atoms with E-state index in [0.29, 0.717) is 5.02 Å². The topological polar surface area (TPSA) is 44.5 Å². The summed E-state index contributed by atoms with van der Waals surface area (Å²) in [7, 11) is 3.24. The molecule has 0 saturated heterocycles. The van der Waals surface area contributed by atoms with Gasteiger partial charge in [-0.2, -0.15) is 0 Å². The molecule has 0 amide bonds. The van der Waals surface area contributed by atoms with Gasteiger partial charge in [0.25, 0.3) is 0 Å². The molecule has 0 aromatic heterocycles. The molecule has 2 N–H and O–H groups in total. The highest BCUT2D eigenvalue weighted by atomic mass is 35.5. The van der Waals surface area contributed by atoms with Crippen molar-refractivity contribution in [2.45, 2.75) is 13.0 Å². The molecule has 1 atom stereocenters. The second kappa shape index (κ2) is 6.16. The summed E-state index contributed by atoms with van der Waals surface area (Å²) in [5, 5.41) is 0.685. The van der Waals surface area contributed by atoms with Crippen LogP contribution in [0.2, 0.25) is 5.02 Å². The molecule has 1 unspecified atom stereocenters. The summed E-state index contributed by atoms with van der Waals surface area (Å²) < 4.78 is 10.6. The Bertz CT molecular complexity index is 613. The molecular formula is C16H18ClNO2. The van der Waals surface area contributed by atoms with E-state index in [1.165, 1.54) is 0 Å². The number of hydrogen-bond acceptors (Lipinski definition) is 3. The third kappa shape index (κ3) is 2.74. The lowest BCUT2D eigenvalue weighted by molar-refractivity contribution is 0.397. The fourth-order valence-electron chi connectivity index (χ4n) is 2.16. The molecule has 0 radical (unpaired) electrons. The van der Waals surface area contributed by atoms with Crippen molar-refractivity contribution in [3.63, 3.8) is 0 Å². The van der Waals surface area contributed by atoms with Gasteiger partial charge in [0.1, 0.15) is 11.5 Å². The Labute approximate surface area is 124 Å². The Morgan fingerprint density at radius 1 is 1.05 bits per heavy atom. The first-order valence-electron chi connectivity index (χ1n) is 6.31. The summed E-state index contributed by atoms with van der Waals surface area (Å²) >= 11 is 6.36. The van der Waals surface area contributed by atoms with Gasteiger partial charge in [-0.15, -0.1) is 0 Å². The molecule has 3 nitrogen and oxygen atoms in total. The van der Waals surface area contributed by atoms with Crippen molar-refractivity contribution in [3.05, 3.63) is 58.1 Å². The number of rotatable bonds is 4. The minimum atomic E-state index is -0.368. The highest BCUT2D eigenvalue weighted by molar-refractivity contribution is 6.32. The van der Waals surface area contributed by atoms with Crippen LogP contribution in [0.4, 0.5) is 0 Å². The van der Waals surface area contributed by atoms with Gasteiger partial charge in [-0.1, -0.05) is 29.8 Å². The average molecular weight is 292 g/mol. The van der Waals surface area contributed by atoms with E-state index in [0.717, 1.165) is 28.2 Å². The summed E-state index contributed by atoms with van der Waals surface area (Å²) in [6.07, 6.45) is 0. The van der Waals surface area contributed by atoms with E-state index in [4.69, 9.17) is 26.8 Å². The van der Waals surface area contributed by atoms with Crippen LogP contribution >= 0.6 is 11.6 Å². The summed E-state index contributed by atoms with van der Waals surface area (Å²) in [4.78, 5) is 0. The maximum atomic E-state index is 6.37. The zero-order valence-corrected chi connectivity index (χ0v) is 12.6. The molecule has 0 aliphatic rings. The van der Waals surface area contributed by atoms with Crippen LogP contribution in [0.5, 0.6) is 11.5 Å². The number of aryl methyl sites for hydroxylation is 1. The van der Waals surface area contributed by atoms with Gasteiger partial charge in [-0.3, -0.25) is 0 Å². The van der Waals surface area contributed by atoms with Crippen LogP contribution < -0.4 is 15.2 Å². The predicted octanol–water partition coefficient (Wildman–Crippen LogP) is 3.71. The second-order valence-electron chi connectivity index (χ2n) is 4.56. The summed E-state index contributed by atoms with van der Waals surface area (Å²) in [5.41, 5.74) is 9.09. The molecule has 0 bridgehead atoms. The quantitative estimate of drug-likeness (QED) is 0.934. The van der Waals surface area contributed by atoms with Crippen LogP contribution in [0.25, 0.3) is 0 Å². The van der Waals surface area contributed by atoms with E-state index < -0.39 is 0 Å². The van der Waals surface area contributed by atoms with Gasteiger partial charge in [0.05, 0.1) is 20.3 Å². The minimum Gasteiger partial charge on any atom is -0.497 e. The molecule has 0 saturated carbocycles. The van der Waals surface area contributed by atoms with Crippen LogP contribution in [0, 0.1) is 6.92 Å². The van der Waals surface area contributed by atoms with Gasteiger partial charge in [-0.05, 0) is 36.2 Å². The fraction of sp³-hybridized carbons (Fsp3) is 0.250. The minimum absolute atomic E-state index is 0.368.